The second-order valence-electron chi connectivity index (χ2n) is 4.18. The van der Waals surface area contributed by atoms with Gasteiger partial charge in [0.05, 0.1) is 12.1 Å². The summed E-state index contributed by atoms with van der Waals surface area (Å²) in [7, 11) is 0. The number of hydrogen-bond donors (Lipinski definition) is 2. The molecule has 0 amide bonds. The Morgan fingerprint density at radius 3 is 2.69 bits per heavy atom. The topological polar surface area (TPSA) is 50.4 Å². The van der Waals surface area contributed by atoms with Gasteiger partial charge in [-0.3, -0.25) is 4.99 Å². The summed E-state index contributed by atoms with van der Waals surface area (Å²) in [5.74, 6) is 1.36. The summed E-state index contributed by atoms with van der Waals surface area (Å²) in [5.41, 5.74) is 5.79. The molecule has 1 aliphatic rings. The number of hydrogen-bond acceptors (Lipinski definition) is 3. The van der Waals surface area contributed by atoms with E-state index in [1.165, 1.54) is 12.8 Å². The average molecular weight is 183 g/mol. The van der Waals surface area contributed by atoms with Gasteiger partial charge in [-0.15, -0.1) is 0 Å². The van der Waals surface area contributed by atoms with Gasteiger partial charge in [0.25, 0.3) is 0 Å². The highest BCUT2D eigenvalue weighted by Gasteiger charge is 2.33. The van der Waals surface area contributed by atoms with Crippen LogP contribution in [-0.4, -0.2) is 18.0 Å². The van der Waals surface area contributed by atoms with E-state index in [1.54, 1.807) is 0 Å². The van der Waals surface area contributed by atoms with Crippen LogP contribution in [0.5, 0.6) is 0 Å². The maximum absolute atomic E-state index is 5.64. The third kappa shape index (κ3) is 2.36. The Bertz CT molecular complexity index is 200. The lowest BCUT2D eigenvalue weighted by atomic mass is 9.85. The van der Waals surface area contributed by atoms with Crippen LogP contribution in [0.1, 0.15) is 40.0 Å². The minimum atomic E-state index is 0.152. The van der Waals surface area contributed by atoms with Crippen LogP contribution in [0.4, 0.5) is 0 Å². The minimum absolute atomic E-state index is 0.152. The lowest BCUT2D eigenvalue weighted by molar-refractivity contribution is 0.305. The first-order chi connectivity index (χ1) is 6.12. The molecular formula is C10H21N3. The van der Waals surface area contributed by atoms with Crippen molar-refractivity contribution in [1.29, 1.82) is 0 Å². The third-order valence-corrected chi connectivity index (χ3v) is 3.06. The first-order valence-corrected chi connectivity index (χ1v) is 5.20. The van der Waals surface area contributed by atoms with Crippen LogP contribution in [-0.2, 0) is 0 Å². The van der Waals surface area contributed by atoms with Crippen molar-refractivity contribution in [1.82, 2.24) is 5.32 Å². The molecular weight excluding hydrogens is 162 g/mol. The first-order valence-electron chi connectivity index (χ1n) is 5.20. The number of aliphatic imine (C=N–C) groups is 1. The molecule has 3 N–H and O–H groups in total. The van der Waals surface area contributed by atoms with Gasteiger partial charge in [-0.1, -0.05) is 27.2 Å². The second-order valence-corrected chi connectivity index (χ2v) is 4.18. The number of nitrogens with one attached hydrogen (secondary N) is 1. The molecule has 0 bridgehead atoms. The van der Waals surface area contributed by atoms with Gasteiger partial charge in [-0.05, 0) is 18.8 Å². The van der Waals surface area contributed by atoms with Gasteiger partial charge in [0.15, 0.2) is 5.96 Å². The fourth-order valence-electron chi connectivity index (χ4n) is 1.86. The summed E-state index contributed by atoms with van der Waals surface area (Å²) >= 11 is 0. The zero-order chi connectivity index (χ0) is 9.90. The van der Waals surface area contributed by atoms with Crippen LogP contribution >= 0.6 is 0 Å². The van der Waals surface area contributed by atoms with Crippen LogP contribution in [0.3, 0.4) is 0 Å². The number of nitrogens with zero attached hydrogens (tertiary/aromatic N) is 1. The molecule has 0 spiro atoms. The monoisotopic (exact) mass is 183 g/mol. The smallest absolute Gasteiger partial charge is 0.189 e. The second kappa shape index (κ2) is 3.99. The van der Waals surface area contributed by atoms with Crippen molar-refractivity contribution in [3.8, 4) is 0 Å². The zero-order valence-corrected chi connectivity index (χ0v) is 8.93. The van der Waals surface area contributed by atoms with E-state index in [0.717, 1.165) is 18.9 Å². The van der Waals surface area contributed by atoms with E-state index in [2.05, 4.69) is 31.1 Å². The lowest BCUT2D eigenvalue weighted by Gasteiger charge is -2.30. The molecule has 0 fully saturated rings. The largest absolute Gasteiger partial charge is 0.370 e. The number of nitrogens with two attached hydrogens (primary N) is 1. The summed E-state index contributed by atoms with van der Waals surface area (Å²) in [6.07, 6.45) is 3.50. The molecule has 3 heteroatoms. The highest BCUT2D eigenvalue weighted by molar-refractivity contribution is 5.80. The summed E-state index contributed by atoms with van der Waals surface area (Å²) < 4.78 is 0. The predicted molar refractivity (Wildman–Crippen MR) is 56.7 cm³/mol. The molecule has 0 saturated carbocycles. The Labute approximate surface area is 80.8 Å². The van der Waals surface area contributed by atoms with E-state index >= 15 is 0 Å². The van der Waals surface area contributed by atoms with Crippen LogP contribution in [0.2, 0.25) is 0 Å². The summed E-state index contributed by atoms with van der Waals surface area (Å²) in [6.45, 7) is 7.56. The van der Waals surface area contributed by atoms with Crippen molar-refractivity contribution in [3.63, 3.8) is 0 Å². The Morgan fingerprint density at radius 1 is 1.62 bits per heavy atom. The molecule has 1 heterocycles. The molecule has 0 aromatic heterocycles. The highest BCUT2D eigenvalue weighted by atomic mass is 15.2. The van der Waals surface area contributed by atoms with Gasteiger partial charge in [0.2, 0.25) is 0 Å². The van der Waals surface area contributed by atoms with Crippen molar-refractivity contribution < 1.29 is 0 Å². The van der Waals surface area contributed by atoms with Gasteiger partial charge in [-0.2, -0.15) is 0 Å². The fraction of sp³-hybridized carbons (Fsp3) is 0.900. The van der Waals surface area contributed by atoms with E-state index in [9.17, 15) is 0 Å². The van der Waals surface area contributed by atoms with E-state index in [1.807, 2.05) is 0 Å². The van der Waals surface area contributed by atoms with E-state index in [4.69, 9.17) is 5.73 Å². The molecule has 0 aromatic carbocycles. The summed E-state index contributed by atoms with van der Waals surface area (Å²) in [4.78, 5) is 4.23. The summed E-state index contributed by atoms with van der Waals surface area (Å²) in [5, 5.41) is 3.31. The predicted octanol–water partition coefficient (Wildman–Crippen LogP) is 1.49. The molecule has 1 aliphatic heterocycles. The van der Waals surface area contributed by atoms with Crippen molar-refractivity contribution in [3.05, 3.63) is 0 Å². The Morgan fingerprint density at radius 2 is 2.31 bits per heavy atom. The molecule has 13 heavy (non-hydrogen) atoms. The van der Waals surface area contributed by atoms with Crippen LogP contribution in [0.15, 0.2) is 4.99 Å². The lowest BCUT2D eigenvalue weighted by Crippen LogP contribution is -2.48. The fourth-order valence-corrected chi connectivity index (χ4v) is 1.86. The number of rotatable bonds is 4. The standard InChI is InChI=1S/C10H21N3/c1-4-8(3)6-10(5-2)7-12-9(11)13-10/h8H,4-7H2,1-3H3,(H3,11,12,13). The van der Waals surface area contributed by atoms with Crippen LogP contribution in [0.25, 0.3) is 0 Å². The molecule has 0 aliphatic carbocycles. The van der Waals surface area contributed by atoms with Gasteiger partial charge in [0.1, 0.15) is 0 Å². The first kappa shape index (κ1) is 10.4. The SMILES string of the molecule is CCC(C)CC1(CC)CN=C(N)N1. The van der Waals surface area contributed by atoms with Gasteiger partial charge < -0.3 is 11.1 Å². The quantitative estimate of drug-likeness (QED) is 0.693. The summed E-state index contributed by atoms with van der Waals surface area (Å²) in [6, 6.07) is 0. The van der Waals surface area contributed by atoms with E-state index in [0.29, 0.717) is 5.96 Å². The van der Waals surface area contributed by atoms with Gasteiger partial charge >= 0.3 is 0 Å². The van der Waals surface area contributed by atoms with E-state index in [-0.39, 0.29) is 5.54 Å². The molecule has 3 nitrogen and oxygen atoms in total. The maximum atomic E-state index is 5.64. The maximum Gasteiger partial charge on any atom is 0.189 e. The van der Waals surface area contributed by atoms with Crippen molar-refractivity contribution in [2.45, 2.75) is 45.6 Å². The van der Waals surface area contributed by atoms with E-state index < -0.39 is 0 Å². The molecule has 2 atom stereocenters. The normalized spacial score (nSPS) is 29.6. The Kier molecular flexibility index (Phi) is 3.17. The molecule has 0 radical (unpaired) electrons. The van der Waals surface area contributed by atoms with Crippen molar-refractivity contribution >= 4 is 5.96 Å². The number of guanidine groups is 1. The third-order valence-electron chi connectivity index (χ3n) is 3.06. The zero-order valence-electron chi connectivity index (χ0n) is 8.93. The Balaban J connectivity index is 2.53. The van der Waals surface area contributed by atoms with Crippen LogP contribution in [0, 0.1) is 5.92 Å². The van der Waals surface area contributed by atoms with Crippen LogP contribution < -0.4 is 11.1 Å². The highest BCUT2D eigenvalue weighted by Crippen LogP contribution is 2.25. The molecule has 0 saturated heterocycles. The molecule has 2 unspecified atom stereocenters. The van der Waals surface area contributed by atoms with Gasteiger partial charge in [-0.25, -0.2) is 0 Å². The Hall–Kier alpha value is -0.730. The average Bonchev–Trinajstić information content (AvgIpc) is 2.48. The van der Waals surface area contributed by atoms with Crippen molar-refractivity contribution in [2.24, 2.45) is 16.6 Å². The van der Waals surface area contributed by atoms with Gasteiger partial charge in [0, 0.05) is 0 Å². The van der Waals surface area contributed by atoms with Crippen molar-refractivity contribution in [2.75, 3.05) is 6.54 Å². The molecule has 76 valence electrons. The molecule has 0 aromatic rings. The minimum Gasteiger partial charge on any atom is -0.370 e. The molecule has 1 rings (SSSR count).